The van der Waals surface area contributed by atoms with Gasteiger partial charge < -0.3 is 15.3 Å². The number of hydrogen-bond acceptors (Lipinski definition) is 3. The molecule has 96 valence electrons. The molecule has 0 heterocycles. The molecule has 0 fully saturated rings. The van der Waals surface area contributed by atoms with Gasteiger partial charge in [-0.05, 0) is 29.8 Å². The summed E-state index contributed by atoms with van der Waals surface area (Å²) in [7, 11) is 0. The molecule has 2 aromatic carbocycles. The van der Waals surface area contributed by atoms with E-state index in [1.807, 2.05) is 0 Å². The molecule has 0 aromatic heterocycles. The third-order valence-electron chi connectivity index (χ3n) is 2.62. The molecule has 0 unspecified atom stereocenters. The minimum atomic E-state index is -1.13. The van der Waals surface area contributed by atoms with Gasteiger partial charge in [-0.3, -0.25) is 0 Å². The van der Waals surface area contributed by atoms with Crippen LogP contribution in [0.1, 0.15) is 11.1 Å². The lowest BCUT2D eigenvalue weighted by molar-refractivity contribution is -0.130. The Balaban J connectivity index is 2.53. The number of carbonyl (C=O) groups is 1. The Bertz CT molecular complexity index is 644. The number of benzene rings is 2. The molecule has 4 heteroatoms. The van der Waals surface area contributed by atoms with Crippen LogP contribution in [0.25, 0.3) is 11.6 Å². The molecule has 0 amide bonds. The Morgan fingerprint density at radius 3 is 2.37 bits per heavy atom. The van der Waals surface area contributed by atoms with Gasteiger partial charge in [-0.25, -0.2) is 4.79 Å². The third-order valence-corrected chi connectivity index (χ3v) is 2.62. The maximum atomic E-state index is 11.3. The summed E-state index contributed by atoms with van der Waals surface area (Å²) in [5.41, 5.74) is 0.774. The van der Waals surface area contributed by atoms with Gasteiger partial charge in [-0.2, -0.15) is 0 Å². The first-order valence-electron chi connectivity index (χ1n) is 5.60. The first-order valence-corrected chi connectivity index (χ1v) is 5.60. The van der Waals surface area contributed by atoms with Crippen LogP contribution in [-0.2, 0) is 4.79 Å². The summed E-state index contributed by atoms with van der Waals surface area (Å²) in [6, 6.07) is 12.4. The number of rotatable bonds is 3. The highest BCUT2D eigenvalue weighted by molar-refractivity contribution is 6.20. The molecular formula is C15H12O4. The van der Waals surface area contributed by atoms with E-state index in [0.29, 0.717) is 11.1 Å². The van der Waals surface area contributed by atoms with Crippen molar-refractivity contribution in [2.45, 2.75) is 0 Å². The van der Waals surface area contributed by atoms with Crippen molar-refractivity contribution in [3.63, 3.8) is 0 Å². The van der Waals surface area contributed by atoms with E-state index in [9.17, 15) is 20.1 Å². The molecule has 4 nitrogen and oxygen atoms in total. The van der Waals surface area contributed by atoms with Gasteiger partial charge in [0.15, 0.2) is 0 Å². The van der Waals surface area contributed by atoms with Crippen molar-refractivity contribution in [2.75, 3.05) is 0 Å². The Hall–Kier alpha value is -2.75. The summed E-state index contributed by atoms with van der Waals surface area (Å²) in [5.74, 6) is -1.14. The zero-order valence-corrected chi connectivity index (χ0v) is 9.95. The zero-order chi connectivity index (χ0) is 13.8. The summed E-state index contributed by atoms with van der Waals surface area (Å²) in [6.45, 7) is 0. The van der Waals surface area contributed by atoms with Crippen molar-refractivity contribution in [3.05, 3.63) is 59.7 Å². The highest BCUT2D eigenvalue weighted by Gasteiger charge is 2.12. The quantitative estimate of drug-likeness (QED) is 0.583. The van der Waals surface area contributed by atoms with Crippen molar-refractivity contribution >= 4 is 17.6 Å². The summed E-state index contributed by atoms with van der Waals surface area (Å²) < 4.78 is 0. The second-order valence-electron chi connectivity index (χ2n) is 3.97. The highest BCUT2D eigenvalue weighted by atomic mass is 16.4. The SMILES string of the molecule is O=C(O)/C(=C\c1ccccc1O)c1cccc(O)c1. The van der Waals surface area contributed by atoms with E-state index < -0.39 is 5.97 Å². The number of aromatic hydroxyl groups is 2. The van der Waals surface area contributed by atoms with Crippen molar-refractivity contribution in [1.82, 2.24) is 0 Å². The molecule has 0 aliphatic carbocycles. The maximum Gasteiger partial charge on any atom is 0.336 e. The molecule has 3 N–H and O–H groups in total. The fourth-order valence-electron chi connectivity index (χ4n) is 1.71. The van der Waals surface area contributed by atoms with Gasteiger partial charge in [0.25, 0.3) is 0 Å². The third kappa shape index (κ3) is 2.93. The molecule has 0 bridgehead atoms. The van der Waals surface area contributed by atoms with E-state index in [4.69, 9.17) is 0 Å². The molecule has 2 rings (SSSR count). The molecule has 0 spiro atoms. The predicted molar refractivity (Wildman–Crippen MR) is 71.7 cm³/mol. The fourth-order valence-corrected chi connectivity index (χ4v) is 1.71. The fraction of sp³-hybridized carbons (Fsp3) is 0. The molecule has 0 radical (unpaired) electrons. The van der Waals surface area contributed by atoms with Gasteiger partial charge in [-0.15, -0.1) is 0 Å². The standard InChI is InChI=1S/C15H12O4/c16-12-6-3-5-10(8-12)13(15(18)19)9-11-4-1-2-7-14(11)17/h1-9,16-17H,(H,18,19)/b13-9-. The topological polar surface area (TPSA) is 77.8 Å². The van der Waals surface area contributed by atoms with Crippen LogP contribution in [0.15, 0.2) is 48.5 Å². The van der Waals surface area contributed by atoms with Crippen LogP contribution in [0, 0.1) is 0 Å². The summed E-state index contributed by atoms with van der Waals surface area (Å²) >= 11 is 0. The molecule has 19 heavy (non-hydrogen) atoms. The van der Waals surface area contributed by atoms with Crippen molar-refractivity contribution in [1.29, 1.82) is 0 Å². The van der Waals surface area contributed by atoms with Gasteiger partial charge in [0, 0.05) is 5.56 Å². The second kappa shape index (κ2) is 5.27. The minimum absolute atomic E-state index is 0.00130. The van der Waals surface area contributed by atoms with Gasteiger partial charge >= 0.3 is 5.97 Å². The number of aliphatic carboxylic acids is 1. The van der Waals surface area contributed by atoms with E-state index in [-0.39, 0.29) is 17.1 Å². The second-order valence-corrected chi connectivity index (χ2v) is 3.97. The first-order chi connectivity index (χ1) is 9.08. The van der Waals surface area contributed by atoms with E-state index in [1.54, 1.807) is 30.3 Å². The number of carboxylic acids is 1. The Labute approximate surface area is 109 Å². The van der Waals surface area contributed by atoms with Crippen molar-refractivity contribution in [2.24, 2.45) is 0 Å². The largest absolute Gasteiger partial charge is 0.508 e. The van der Waals surface area contributed by atoms with E-state index in [1.165, 1.54) is 24.3 Å². The number of phenolic OH excluding ortho intramolecular Hbond substituents is 2. The minimum Gasteiger partial charge on any atom is -0.508 e. The van der Waals surface area contributed by atoms with Crippen LogP contribution in [-0.4, -0.2) is 21.3 Å². The first kappa shape index (κ1) is 12.7. The Kier molecular flexibility index (Phi) is 3.52. The predicted octanol–water partition coefficient (Wildman–Crippen LogP) is 2.72. The van der Waals surface area contributed by atoms with Crippen molar-refractivity contribution in [3.8, 4) is 11.5 Å². The van der Waals surface area contributed by atoms with Gasteiger partial charge in [0.2, 0.25) is 0 Å². The number of carboxylic acid groups (broad SMARTS) is 1. The highest BCUT2D eigenvalue weighted by Crippen LogP contribution is 2.25. The molecule has 0 aliphatic heterocycles. The lowest BCUT2D eigenvalue weighted by Crippen LogP contribution is -1.99. The molecule has 0 saturated heterocycles. The van der Waals surface area contributed by atoms with E-state index in [0.717, 1.165) is 0 Å². The normalized spacial score (nSPS) is 11.3. The maximum absolute atomic E-state index is 11.3. The van der Waals surface area contributed by atoms with E-state index >= 15 is 0 Å². The van der Waals surface area contributed by atoms with Crippen LogP contribution in [0.5, 0.6) is 11.5 Å². The van der Waals surface area contributed by atoms with E-state index in [2.05, 4.69) is 0 Å². The molecular weight excluding hydrogens is 244 g/mol. The summed E-state index contributed by atoms with van der Waals surface area (Å²) in [5, 5.41) is 28.3. The zero-order valence-electron chi connectivity index (χ0n) is 9.95. The van der Waals surface area contributed by atoms with Gasteiger partial charge in [0.1, 0.15) is 11.5 Å². The monoisotopic (exact) mass is 256 g/mol. The van der Waals surface area contributed by atoms with Crippen LogP contribution in [0.2, 0.25) is 0 Å². The lowest BCUT2D eigenvalue weighted by atomic mass is 10.0. The number of hydrogen-bond donors (Lipinski definition) is 3. The molecule has 2 aromatic rings. The molecule has 0 atom stereocenters. The van der Waals surface area contributed by atoms with Crippen molar-refractivity contribution < 1.29 is 20.1 Å². The average molecular weight is 256 g/mol. The van der Waals surface area contributed by atoms with Gasteiger partial charge in [0.05, 0.1) is 5.57 Å². The lowest BCUT2D eigenvalue weighted by Gasteiger charge is -2.05. The summed E-state index contributed by atoms with van der Waals surface area (Å²) in [6.07, 6.45) is 1.37. The average Bonchev–Trinajstić information content (AvgIpc) is 2.37. The number of phenols is 2. The van der Waals surface area contributed by atoms with Crippen LogP contribution >= 0.6 is 0 Å². The van der Waals surface area contributed by atoms with Crippen LogP contribution < -0.4 is 0 Å². The summed E-state index contributed by atoms with van der Waals surface area (Å²) in [4.78, 5) is 11.3. The van der Waals surface area contributed by atoms with Crippen LogP contribution in [0.3, 0.4) is 0 Å². The molecule has 0 saturated carbocycles. The Morgan fingerprint density at radius 2 is 1.74 bits per heavy atom. The van der Waals surface area contributed by atoms with Crippen LogP contribution in [0.4, 0.5) is 0 Å². The van der Waals surface area contributed by atoms with Gasteiger partial charge in [-0.1, -0.05) is 30.3 Å². The number of para-hydroxylation sites is 1. The molecule has 0 aliphatic rings. The smallest absolute Gasteiger partial charge is 0.336 e. The Morgan fingerprint density at radius 1 is 1.00 bits per heavy atom.